The van der Waals surface area contributed by atoms with Gasteiger partial charge in [-0.2, -0.15) is 0 Å². The number of nitrogens with one attached hydrogen (secondary N) is 1. The fourth-order valence-corrected chi connectivity index (χ4v) is 2.16. The van der Waals surface area contributed by atoms with E-state index in [2.05, 4.69) is 10.3 Å². The van der Waals surface area contributed by atoms with Gasteiger partial charge in [0.25, 0.3) is 0 Å². The summed E-state index contributed by atoms with van der Waals surface area (Å²) in [6.45, 7) is 2.62. The molecule has 0 aliphatic carbocycles. The number of nitrogens with zero attached hydrogens (tertiary/aromatic N) is 1. The second kappa shape index (κ2) is 5.99. The maximum atomic E-state index is 13.9. The van der Waals surface area contributed by atoms with E-state index in [-0.39, 0.29) is 11.9 Å². The molecule has 1 heterocycles. The molecule has 1 atom stereocenters. The number of aromatic nitrogens is 1. The fraction of sp³-hybridized carbons (Fsp3) is 0.214. The largest absolute Gasteiger partial charge is 0.383 e. The van der Waals surface area contributed by atoms with Gasteiger partial charge in [-0.25, -0.2) is 9.37 Å². The van der Waals surface area contributed by atoms with E-state index in [1.807, 2.05) is 6.92 Å². The highest BCUT2D eigenvalue weighted by atomic mass is 35.5. The molecular formula is C14H15ClFN3. The van der Waals surface area contributed by atoms with E-state index in [1.54, 1.807) is 24.3 Å². The molecule has 0 saturated carbocycles. The first-order chi connectivity index (χ1) is 9.13. The van der Waals surface area contributed by atoms with Crippen molar-refractivity contribution in [2.45, 2.75) is 13.0 Å². The molecule has 0 aliphatic heterocycles. The highest BCUT2D eigenvalue weighted by Crippen LogP contribution is 2.29. The Hall–Kier alpha value is -1.65. The summed E-state index contributed by atoms with van der Waals surface area (Å²) in [7, 11) is 0. The lowest BCUT2D eigenvalue weighted by Gasteiger charge is -2.20. The van der Waals surface area contributed by atoms with Crippen molar-refractivity contribution in [3.8, 4) is 0 Å². The van der Waals surface area contributed by atoms with Crippen LogP contribution in [0.2, 0.25) is 5.02 Å². The lowest BCUT2D eigenvalue weighted by atomic mass is 9.98. The summed E-state index contributed by atoms with van der Waals surface area (Å²) >= 11 is 5.95. The van der Waals surface area contributed by atoms with Crippen LogP contribution in [-0.2, 0) is 0 Å². The summed E-state index contributed by atoms with van der Waals surface area (Å²) in [6, 6.07) is 7.94. The quantitative estimate of drug-likeness (QED) is 0.904. The summed E-state index contributed by atoms with van der Waals surface area (Å²) < 4.78 is 13.9. The Kier molecular flexibility index (Phi) is 4.35. The molecule has 19 heavy (non-hydrogen) atoms. The summed E-state index contributed by atoms with van der Waals surface area (Å²) in [5, 5.41) is 3.68. The van der Waals surface area contributed by atoms with E-state index < -0.39 is 0 Å². The Morgan fingerprint density at radius 1 is 1.37 bits per heavy atom. The number of hydrogen-bond acceptors (Lipinski definition) is 3. The van der Waals surface area contributed by atoms with Gasteiger partial charge in [-0.15, -0.1) is 0 Å². The Morgan fingerprint density at radius 2 is 2.11 bits per heavy atom. The van der Waals surface area contributed by atoms with Crippen LogP contribution in [0.1, 0.15) is 24.1 Å². The lowest BCUT2D eigenvalue weighted by Crippen LogP contribution is -2.24. The van der Waals surface area contributed by atoms with Crippen molar-refractivity contribution in [1.82, 2.24) is 10.3 Å². The van der Waals surface area contributed by atoms with E-state index in [0.717, 1.165) is 0 Å². The van der Waals surface area contributed by atoms with Gasteiger partial charge < -0.3 is 11.1 Å². The normalized spacial score (nSPS) is 12.4. The molecular weight excluding hydrogens is 265 g/mol. The van der Waals surface area contributed by atoms with Crippen LogP contribution in [-0.4, -0.2) is 11.5 Å². The number of anilines is 1. The van der Waals surface area contributed by atoms with Crippen molar-refractivity contribution in [3.63, 3.8) is 0 Å². The molecule has 0 aliphatic rings. The third kappa shape index (κ3) is 3.03. The fourth-order valence-electron chi connectivity index (χ4n) is 2.00. The summed E-state index contributed by atoms with van der Waals surface area (Å²) in [5.41, 5.74) is 7.08. The van der Waals surface area contributed by atoms with Crippen LogP contribution in [0.25, 0.3) is 0 Å². The number of pyridine rings is 1. The smallest absolute Gasteiger partial charge is 0.128 e. The van der Waals surface area contributed by atoms with Crippen LogP contribution >= 0.6 is 11.6 Å². The van der Waals surface area contributed by atoms with Gasteiger partial charge in [-0.1, -0.05) is 36.7 Å². The zero-order valence-electron chi connectivity index (χ0n) is 10.5. The van der Waals surface area contributed by atoms with Gasteiger partial charge >= 0.3 is 0 Å². The number of halogens is 2. The molecule has 1 unspecified atom stereocenters. The number of rotatable bonds is 4. The maximum absolute atomic E-state index is 13.9. The molecule has 3 N–H and O–H groups in total. The Bertz CT molecular complexity index is 574. The van der Waals surface area contributed by atoms with Crippen LogP contribution in [0, 0.1) is 5.82 Å². The Labute approximate surface area is 116 Å². The first-order valence-corrected chi connectivity index (χ1v) is 6.40. The number of hydrogen-bond donors (Lipinski definition) is 2. The highest BCUT2D eigenvalue weighted by Gasteiger charge is 2.19. The van der Waals surface area contributed by atoms with Gasteiger partial charge in [0.1, 0.15) is 11.6 Å². The van der Waals surface area contributed by atoms with Crippen LogP contribution in [0.3, 0.4) is 0 Å². The molecule has 0 radical (unpaired) electrons. The van der Waals surface area contributed by atoms with E-state index in [0.29, 0.717) is 28.5 Å². The molecule has 1 aromatic carbocycles. The van der Waals surface area contributed by atoms with Gasteiger partial charge in [0.15, 0.2) is 0 Å². The second-order valence-electron chi connectivity index (χ2n) is 4.14. The van der Waals surface area contributed by atoms with Gasteiger partial charge in [-0.3, -0.25) is 0 Å². The number of nitrogens with two attached hydrogens (primary N) is 1. The van der Waals surface area contributed by atoms with E-state index in [4.69, 9.17) is 17.3 Å². The zero-order chi connectivity index (χ0) is 13.8. The monoisotopic (exact) mass is 279 g/mol. The lowest BCUT2D eigenvalue weighted by molar-refractivity contribution is 0.559. The van der Waals surface area contributed by atoms with Crippen molar-refractivity contribution in [1.29, 1.82) is 0 Å². The average molecular weight is 280 g/mol. The standard InChI is InChI=1S/C14H15ClFN3/c1-2-18-13(10-5-3-4-6-12(10)16)11-7-9(15)8-19-14(11)17/h3-8,13,18H,2H2,1H3,(H2,17,19). The predicted molar refractivity (Wildman–Crippen MR) is 75.6 cm³/mol. The minimum Gasteiger partial charge on any atom is -0.383 e. The molecule has 0 saturated heterocycles. The first kappa shape index (κ1) is 13.8. The van der Waals surface area contributed by atoms with Crippen molar-refractivity contribution < 1.29 is 4.39 Å². The maximum Gasteiger partial charge on any atom is 0.128 e. The minimum absolute atomic E-state index is 0.284. The van der Waals surface area contributed by atoms with Gasteiger partial charge in [0.2, 0.25) is 0 Å². The van der Waals surface area contributed by atoms with Crippen LogP contribution < -0.4 is 11.1 Å². The molecule has 0 amide bonds. The third-order valence-corrected chi connectivity index (χ3v) is 3.06. The third-order valence-electron chi connectivity index (χ3n) is 2.85. The summed E-state index contributed by atoms with van der Waals surface area (Å²) in [5.74, 6) is 0.0615. The zero-order valence-corrected chi connectivity index (χ0v) is 11.3. The van der Waals surface area contributed by atoms with Crippen molar-refractivity contribution in [2.24, 2.45) is 0 Å². The van der Waals surface area contributed by atoms with Gasteiger partial charge in [-0.05, 0) is 18.7 Å². The molecule has 0 bridgehead atoms. The molecule has 100 valence electrons. The topological polar surface area (TPSA) is 50.9 Å². The molecule has 0 spiro atoms. The van der Waals surface area contributed by atoms with Crippen LogP contribution in [0.4, 0.5) is 10.2 Å². The molecule has 2 aromatic rings. The van der Waals surface area contributed by atoms with E-state index >= 15 is 0 Å². The average Bonchev–Trinajstić information content (AvgIpc) is 2.40. The van der Waals surface area contributed by atoms with Crippen molar-refractivity contribution in [2.75, 3.05) is 12.3 Å². The summed E-state index contributed by atoms with van der Waals surface area (Å²) in [6.07, 6.45) is 1.48. The highest BCUT2D eigenvalue weighted by molar-refractivity contribution is 6.30. The van der Waals surface area contributed by atoms with E-state index in [9.17, 15) is 4.39 Å². The van der Waals surface area contributed by atoms with Gasteiger partial charge in [0, 0.05) is 17.3 Å². The van der Waals surface area contributed by atoms with Gasteiger partial charge in [0.05, 0.1) is 11.1 Å². The predicted octanol–water partition coefficient (Wildman–Crippen LogP) is 3.16. The minimum atomic E-state index is -0.364. The summed E-state index contributed by atoms with van der Waals surface area (Å²) in [4.78, 5) is 4.02. The Balaban J connectivity index is 2.51. The van der Waals surface area contributed by atoms with Crippen molar-refractivity contribution in [3.05, 3.63) is 58.5 Å². The van der Waals surface area contributed by atoms with E-state index in [1.165, 1.54) is 12.3 Å². The second-order valence-corrected chi connectivity index (χ2v) is 4.58. The number of benzene rings is 1. The Morgan fingerprint density at radius 3 is 2.79 bits per heavy atom. The first-order valence-electron chi connectivity index (χ1n) is 6.02. The number of nitrogen functional groups attached to an aromatic ring is 1. The van der Waals surface area contributed by atoms with Crippen molar-refractivity contribution >= 4 is 17.4 Å². The molecule has 3 nitrogen and oxygen atoms in total. The molecule has 5 heteroatoms. The van der Waals surface area contributed by atoms with Crippen LogP contribution in [0.15, 0.2) is 36.5 Å². The molecule has 2 rings (SSSR count). The molecule has 1 aromatic heterocycles. The molecule has 0 fully saturated rings. The SMILES string of the molecule is CCNC(c1ccccc1F)c1cc(Cl)cnc1N. The van der Waals surface area contributed by atoms with Crippen LogP contribution in [0.5, 0.6) is 0 Å².